The van der Waals surface area contributed by atoms with Gasteiger partial charge in [0.05, 0.1) is 17.8 Å². The maximum atomic E-state index is 13.9. The number of hydrogen-bond acceptors (Lipinski definition) is 3. The fraction of sp³-hybridized carbons (Fsp3) is 0.375. The van der Waals surface area contributed by atoms with Crippen LogP contribution >= 0.6 is 11.6 Å². The molecular formula is C16H17ClFNO4. The summed E-state index contributed by atoms with van der Waals surface area (Å²) in [5.41, 5.74) is 0.173. The molecule has 0 aromatic heterocycles. The van der Waals surface area contributed by atoms with Crippen LogP contribution in [0.4, 0.5) is 10.1 Å². The van der Waals surface area contributed by atoms with Crippen molar-refractivity contribution >= 4 is 29.2 Å². The van der Waals surface area contributed by atoms with E-state index in [0.29, 0.717) is 19.3 Å². The molecule has 1 aliphatic carbocycles. The Kier molecular flexibility index (Phi) is 5.26. The van der Waals surface area contributed by atoms with Crippen LogP contribution in [0.1, 0.15) is 26.2 Å². The van der Waals surface area contributed by atoms with Crippen LogP contribution in [-0.4, -0.2) is 24.1 Å². The first-order valence-corrected chi connectivity index (χ1v) is 7.53. The number of ether oxygens (including phenoxy) is 1. The number of anilines is 1. The predicted octanol–water partition coefficient (Wildman–Crippen LogP) is 3.63. The molecule has 0 fully saturated rings. The molecule has 0 aliphatic heterocycles. The van der Waals surface area contributed by atoms with Crippen molar-refractivity contribution in [3.05, 3.63) is 34.1 Å². The molecule has 0 spiro atoms. The molecule has 0 radical (unpaired) electrons. The molecule has 1 aromatic carbocycles. The van der Waals surface area contributed by atoms with Gasteiger partial charge in [0.25, 0.3) is 5.91 Å². The summed E-state index contributed by atoms with van der Waals surface area (Å²) in [7, 11) is 1.37. The average Bonchev–Trinajstić information content (AvgIpc) is 2.49. The lowest BCUT2D eigenvalue weighted by molar-refractivity contribution is -0.133. The van der Waals surface area contributed by atoms with Gasteiger partial charge in [0, 0.05) is 17.2 Å². The van der Waals surface area contributed by atoms with Gasteiger partial charge in [-0.25, -0.2) is 9.18 Å². The molecule has 23 heavy (non-hydrogen) atoms. The van der Waals surface area contributed by atoms with Crippen LogP contribution < -0.4 is 10.1 Å². The number of carbonyl (C=O) groups is 2. The van der Waals surface area contributed by atoms with E-state index in [4.69, 9.17) is 16.3 Å². The maximum absolute atomic E-state index is 13.9. The molecule has 2 rings (SSSR count). The number of carboxylic acids is 1. The number of amides is 1. The first-order chi connectivity index (χ1) is 10.8. The number of methoxy groups -OCH3 is 1. The van der Waals surface area contributed by atoms with E-state index in [1.165, 1.54) is 13.2 Å². The third-order valence-electron chi connectivity index (χ3n) is 3.88. The van der Waals surface area contributed by atoms with Crippen molar-refractivity contribution in [2.24, 2.45) is 5.92 Å². The second-order valence-corrected chi connectivity index (χ2v) is 5.82. The summed E-state index contributed by atoms with van der Waals surface area (Å²) in [6.45, 7) is 1.77. The van der Waals surface area contributed by atoms with Crippen molar-refractivity contribution < 1.29 is 23.8 Å². The van der Waals surface area contributed by atoms with Gasteiger partial charge >= 0.3 is 5.97 Å². The van der Waals surface area contributed by atoms with Crippen LogP contribution in [0.3, 0.4) is 0 Å². The fourth-order valence-corrected chi connectivity index (χ4v) is 2.94. The molecule has 0 bridgehead atoms. The largest absolute Gasteiger partial charge is 0.495 e. The van der Waals surface area contributed by atoms with Crippen LogP contribution in [0.5, 0.6) is 5.75 Å². The smallest absolute Gasteiger partial charge is 0.332 e. The van der Waals surface area contributed by atoms with E-state index in [-0.39, 0.29) is 33.5 Å². The first kappa shape index (κ1) is 17.3. The van der Waals surface area contributed by atoms with E-state index in [1.54, 1.807) is 6.92 Å². The maximum Gasteiger partial charge on any atom is 0.332 e. The molecule has 124 valence electrons. The van der Waals surface area contributed by atoms with E-state index >= 15 is 0 Å². The van der Waals surface area contributed by atoms with Crippen molar-refractivity contribution in [1.29, 1.82) is 0 Å². The zero-order valence-corrected chi connectivity index (χ0v) is 13.5. The lowest BCUT2D eigenvalue weighted by Crippen LogP contribution is -2.25. The first-order valence-electron chi connectivity index (χ1n) is 7.15. The minimum atomic E-state index is -1.11. The third-order valence-corrected chi connectivity index (χ3v) is 4.17. The molecule has 0 heterocycles. The van der Waals surface area contributed by atoms with Gasteiger partial charge < -0.3 is 15.2 Å². The summed E-state index contributed by atoms with van der Waals surface area (Å²) in [6.07, 6.45) is 1.78. The number of rotatable bonds is 4. The van der Waals surface area contributed by atoms with Gasteiger partial charge in [-0.15, -0.1) is 0 Å². The average molecular weight is 342 g/mol. The molecular weight excluding hydrogens is 325 g/mol. The van der Waals surface area contributed by atoms with Gasteiger partial charge in [-0.1, -0.05) is 18.5 Å². The fourth-order valence-electron chi connectivity index (χ4n) is 2.72. The summed E-state index contributed by atoms with van der Waals surface area (Å²) in [5, 5.41) is 11.8. The van der Waals surface area contributed by atoms with Gasteiger partial charge in [-0.05, 0) is 31.2 Å². The van der Waals surface area contributed by atoms with Crippen molar-refractivity contribution in [2.45, 2.75) is 26.2 Å². The Hall–Kier alpha value is -2.08. The van der Waals surface area contributed by atoms with Crippen LogP contribution in [-0.2, 0) is 9.59 Å². The lowest BCUT2D eigenvalue weighted by Gasteiger charge is -2.23. The molecule has 5 nitrogen and oxygen atoms in total. The highest BCUT2D eigenvalue weighted by Crippen LogP contribution is 2.33. The van der Waals surface area contributed by atoms with Gasteiger partial charge in [0.15, 0.2) is 0 Å². The van der Waals surface area contributed by atoms with E-state index in [1.807, 2.05) is 0 Å². The molecule has 1 amide bonds. The summed E-state index contributed by atoms with van der Waals surface area (Å²) in [6, 6.07) is 2.30. The summed E-state index contributed by atoms with van der Waals surface area (Å²) >= 11 is 5.81. The van der Waals surface area contributed by atoms with Crippen LogP contribution in [0.25, 0.3) is 0 Å². The second kappa shape index (κ2) is 7.00. The quantitative estimate of drug-likeness (QED) is 0.877. The molecule has 1 aromatic rings. The van der Waals surface area contributed by atoms with Crippen LogP contribution in [0.2, 0.25) is 5.02 Å². The van der Waals surface area contributed by atoms with Crippen molar-refractivity contribution in [2.75, 3.05) is 12.4 Å². The van der Waals surface area contributed by atoms with E-state index in [2.05, 4.69) is 5.32 Å². The molecule has 1 unspecified atom stereocenters. The zero-order chi connectivity index (χ0) is 17.1. The number of aliphatic carboxylic acids is 1. The van der Waals surface area contributed by atoms with Gasteiger partial charge in [0.1, 0.15) is 11.6 Å². The minimum Gasteiger partial charge on any atom is -0.495 e. The molecule has 2 N–H and O–H groups in total. The standard InChI is InChI=1S/C16H17ClFNO4/c1-8-4-3-5-9(14(8)16(21)22)15(20)19-12-7-13(23-2)10(17)6-11(12)18/h6-8H,3-5H2,1-2H3,(H,19,20)(H,21,22). The zero-order valence-electron chi connectivity index (χ0n) is 12.8. The number of carboxylic acid groups (broad SMARTS) is 1. The van der Waals surface area contributed by atoms with Gasteiger partial charge in [-0.3, -0.25) is 4.79 Å². The Bertz CT molecular complexity index is 687. The number of benzene rings is 1. The number of carbonyl (C=O) groups excluding carboxylic acids is 1. The monoisotopic (exact) mass is 341 g/mol. The van der Waals surface area contributed by atoms with Crippen molar-refractivity contribution in [3.8, 4) is 5.75 Å². The minimum absolute atomic E-state index is 0.0831. The van der Waals surface area contributed by atoms with Gasteiger partial charge in [-0.2, -0.15) is 0 Å². The number of nitrogens with one attached hydrogen (secondary N) is 1. The predicted molar refractivity (Wildman–Crippen MR) is 84.3 cm³/mol. The molecule has 0 saturated heterocycles. The highest BCUT2D eigenvalue weighted by Gasteiger charge is 2.29. The van der Waals surface area contributed by atoms with Crippen molar-refractivity contribution in [3.63, 3.8) is 0 Å². The van der Waals surface area contributed by atoms with Gasteiger partial charge in [0.2, 0.25) is 0 Å². The SMILES string of the molecule is COc1cc(NC(=O)C2=C(C(=O)O)C(C)CCC2)c(F)cc1Cl. The highest BCUT2D eigenvalue weighted by molar-refractivity contribution is 6.32. The Labute approximate surface area is 138 Å². The molecule has 1 aliphatic rings. The Morgan fingerprint density at radius 1 is 1.43 bits per heavy atom. The van der Waals surface area contributed by atoms with E-state index < -0.39 is 17.7 Å². The summed E-state index contributed by atoms with van der Waals surface area (Å²) in [4.78, 5) is 23.8. The summed E-state index contributed by atoms with van der Waals surface area (Å²) in [5.74, 6) is -2.45. The topological polar surface area (TPSA) is 75.6 Å². The van der Waals surface area contributed by atoms with Crippen molar-refractivity contribution in [1.82, 2.24) is 0 Å². The molecule has 7 heteroatoms. The molecule has 0 saturated carbocycles. The molecule has 1 atom stereocenters. The normalized spacial score (nSPS) is 17.8. The Balaban J connectivity index is 2.35. The highest BCUT2D eigenvalue weighted by atomic mass is 35.5. The van der Waals surface area contributed by atoms with E-state index in [9.17, 15) is 19.1 Å². The Morgan fingerprint density at radius 3 is 2.74 bits per heavy atom. The third kappa shape index (κ3) is 3.64. The number of hydrogen-bond donors (Lipinski definition) is 2. The number of halogens is 2. The van der Waals surface area contributed by atoms with E-state index in [0.717, 1.165) is 6.07 Å². The Morgan fingerprint density at radius 2 is 2.13 bits per heavy atom. The van der Waals surface area contributed by atoms with Crippen LogP contribution in [0.15, 0.2) is 23.3 Å². The lowest BCUT2D eigenvalue weighted by atomic mass is 9.83. The van der Waals surface area contributed by atoms with Crippen LogP contribution in [0, 0.1) is 11.7 Å². The second-order valence-electron chi connectivity index (χ2n) is 5.41. The summed E-state index contributed by atoms with van der Waals surface area (Å²) < 4.78 is 18.9.